The largest absolute Gasteiger partial charge is 0.324 e. The molecule has 0 spiro atoms. The second-order valence-electron chi connectivity index (χ2n) is 7.93. The Morgan fingerprint density at radius 1 is 0.848 bits per heavy atom. The van der Waals surface area contributed by atoms with E-state index in [1.165, 1.54) is 24.3 Å². The number of hydrogen-bond donors (Lipinski definition) is 2. The monoisotopic (exact) mass is 447 g/mol. The number of amides is 2. The second kappa shape index (κ2) is 10.8. The number of halogens is 1. The van der Waals surface area contributed by atoms with E-state index in [9.17, 15) is 14.0 Å². The molecule has 4 rings (SSSR count). The summed E-state index contributed by atoms with van der Waals surface area (Å²) in [6.07, 6.45) is 1.80. The summed E-state index contributed by atoms with van der Waals surface area (Å²) in [6.45, 7) is 4.35. The molecule has 0 saturated carbocycles. The lowest BCUT2D eigenvalue weighted by atomic mass is 10.1. The molecule has 0 bridgehead atoms. The van der Waals surface area contributed by atoms with E-state index in [0.717, 1.165) is 38.4 Å². The summed E-state index contributed by atoms with van der Waals surface area (Å²) < 4.78 is 13.1. The molecule has 0 aliphatic carbocycles. The third kappa shape index (κ3) is 6.44. The molecule has 1 aromatic heterocycles. The van der Waals surface area contributed by atoms with Crippen molar-refractivity contribution >= 4 is 23.2 Å². The molecular formula is C25H26FN5O2. The van der Waals surface area contributed by atoms with E-state index in [2.05, 4.69) is 25.4 Å². The Kier molecular flexibility index (Phi) is 7.39. The molecule has 0 atom stereocenters. The first-order chi connectivity index (χ1) is 16.1. The van der Waals surface area contributed by atoms with Crippen molar-refractivity contribution in [2.45, 2.75) is 6.54 Å². The standard InChI is InChI=1S/C25H26FN5O2/c26-19-8-10-20(11-9-19)28-25(33)22-6-1-2-7-23(22)29-24(32)18-31-15-13-30(14-16-31)17-21-5-3-4-12-27-21/h1-12H,13-18H2,(H,28,33)(H,29,32). The number of para-hydroxylation sites is 1. The van der Waals surface area contributed by atoms with Gasteiger partial charge in [0.25, 0.3) is 5.91 Å². The van der Waals surface area contributed by atoms with E-state index in [4.69, 9.17) is 0 Å². The maximum Gasteiger partial charge on any atom is 0.257 e. The molecule has 1 saturated heterocycles. The Hall–Kier alpha value is -3.62. The smallest absolute Gasteiger partial charge is 0.257 e. The highest BCUT2D eigenvalue weighted by atomic mass is 19.1. The van der Waals surface area contributed by atoms with Crippen LogP contribution in [0.25, 0.3) is 0 Å². The highest BCUT2D eigenvalue weighted by Gasteiger charge is 2.20. The summed E-state index contributed by atoms with van der Waals surface area (Å²) >= 11 is 0. The van der Waals surface area contributed by atoms with Gasteiger partial charge in [0.2, 0.25) is 5.91 Å². The van der Waals surface area contributed by atoms with Crippen molar-refractivity contribution in [2.75, 3.05) is 43.4 Å². The van der Waals surface area contributed by atoms with E-state index in [1.807, 2.05) is 18.2 Å². The topological polar surface area (TPSA) is 77.6 Å². The number of anilines is 2. The van der Waals surface area contributed by atoms with Crippen molar-refractivity contribution < 1.29 is 14.0 Å². The van der Waals surface area contributed by atoms with Crippen LogP contribution in [-0.4, -0.2) is 59.3 Å². The van der Waals surface area contributed by atoms with E-state index in [0.29, 0.717) is 16.9 Å². The lowest BCUT2D eigenvalue weighted by Crippen LogP contribution is -2.48. The fourth-order valence-electron chi connectivity index (χ4n) is 3.74. The van der Waals surface area contributed by atoms with Crippen LogP contribution in [-0.2, 0) is 11.3 Å². The molecule has 2 N–H and O–H groups in total. The van der Waals surface area contributed by atoms with Crippen molar-refractivity contribution in [2.24, 2.45) is 0 Å². The number of aromatic nitrogens is 1. The van der Waals surface area contributed by atoms with Gasteiger partial charge in [-0.15, -0.1) is 0 Å². The van der Waals surface area contributed by atoms with Crippen molar-refractivity contribution in [3.63, 3.8) is 0 Å². The Morgan fingerprint density at radius 2 is 1.55 bits per heavy atom. The van der Waals surface area contributed by atoms with E-state index in [1.54, 1.807) is 30.5 Å². The predicted octanol–water partition coefficient (Wildman–Crippen LogP) is 3.23. The molecule has 33 heavy (non-hydrogen) atoms. The fraction of sp³-hybridized carbons (Fsp3) is 0.240. The molecule has 8 heteroatoms. The van der Waals surface area contributed by atoms with Crippen LogP contribution in [0.4, 0.5) is 15.8 Å². The first-order valence-corrected chi connectivity index (χ1v) is 10.9. The van der Waals surface area contributed by atoms with Gasteiger partial charge in [-0.1, -0.05) is 18.2 Å². The summed E-state index contributed by atoms with van der Waals surface area (Å²) in [5, 5.41) is 5.59. The van der Waals surface area contributed by atoms with Crippen LogP contribution in [0, 0.1) is 5.82 Å². The average molecular weight is 448 g/mol. The van der Waals surface area contributed by atoms with E-state index >= 15 is 0 Å². The zero-order valence-electron chi connectivity index (χ0n) is 18.2. The minimum absolute atomic E-state index is 0.171. The third-order valence-corrected chi connectivity index (χ3v) is 5.49. The Labute approximate surface area is 192 Å². The van der Waals surface area contributed by atoms with Gasteiger partial charge < -0.3 is 10.6 Å². The highest BCUT2D eigenvalue weighted by molar-refractivity contribution is 6.10. The first kappa shape index (κ1) is 22.6. The number of carbonyl (C=O) groups excluding carboxylic acids is 2. The van der Waals surface area contributed by atoms with E-state index in [-0.39, 0.29) is 24.2 Å². The molecule has 2 amide bonds. The van der Waals surface area contributed by atoms with Crippen LogP contribution in [0.5, 0.6) is 0 Å². The molecule has 2 aromatic carbocycles. The van der Waals surface area contributed by atoms with Crippen LogP contribution in [0.1, 0.15) is 16.1 Å². The van der Waals surface area contributed by atoms with Crippen LogP contribution in [0.2, 0.25) is 0 Å². The first-order valence-electron chi connectivity index (χ1n) is 10.9. The Bertz CT molecular complexity index is 1080. The quantitative estimate of drug-likeness (QED) is 0.582. The summed E-state index contributed by atoms with van der Waals surface area (Å²) in [7, 11) is 0. The van der Waals surface area contributed by atoms with Gasteiger partial charge in [0.15, 0.2) is 0 Å². The van der Waals surface area contributed by atoms with Gasteiger partial charge in [-0.2, -0.15) is 0 Å². The lowest BCUT2D eigenvalue weighted by molar-refractivity contribution is -0.117. The molecule has 0 unspecified atom stereocenters. The van der Waals surface area contributed by atoms with E-state index < -0.39 is 0 Å². The van der Waals surface area contributed by atoms with Gasteiger partial charge in [-0.25, -0.2) is 4.39 Å². The van der Waals surface area contributed by atoms with Crippen molar-refractivity contribution in [1.82, 2.24) is 14.8 Å². The van der Waals surface area contributed by atoms with Crippen LogP contribution in [0.3, 0.4) is 0 Å². The summed E-state index contributed by atoms with van der Waals surface area (Å²) in [5.41, 5.74) is 2.30. The molecule has 1 fully saturated rings. The maximum atomic E-state index is 13.1. The normalized spacial score (nSPS) is 14.6. The average Bonchev–Trinajstić information content (AvgIpc) is 2.83. The van der Waals surface area contributed by atoms with Crippen molar-refractivity contribution in [1.29, 1.82) is 0 Å². The summed E-state index contributed by atoms with van der Waals surface area (Å²) in [4.78, 5) is 34.2. The van der Waals surface area contributed by atoms with Gasteiger partial charge in [0.1, 0.15) is 5.82 Å². The molecule has 2 heterocycles. The van der Waals surface area contributed by atoms with Crippen LogP contribution < -0.4 is 10.6 Å². The van der Waals surface area contributed by atoms with Gasteiger partial charge in [-0.05, 0) is 48.5 Å². The van der Waals surface area contributed by atoms with Gasteiger partial charge in [0, 0.05) is 44.6 Å². The number of piperazine rings is 1. The van der Waals surface area contributed by atoms with Crippen LogP contribution in [0.15, 0.2) is 72.9 Å². The van der Waals surface area contributed by atoms with Gasteiger partial charge in [-0.3, -0.25) is 24.4 Å². The highest BCUT2D eigenvalue weighted by Crippen LogP contribution is 2.18. The number of hydrogen-bond acceptors (Lipinski definition) is 5. The summed E-state index contributed by atoms with van der Waals surface area (Å²) in [5.74, 6) is -0.922. The molecule has 0 radical (unpaired) electrons. The maximum absolute atomic E-state index is 13.1. The molecule has 3 aromatic rings. The second-order valence-corrected chi connectivity index (χ2v) is 7.93. The zero-order chi connectivity index (χ0) is 23.0. The number of rotatable bonds is 7. The molecular weight excluding hydrogens is 421 g/mol. The minimum atomic E-state index is -0.377. The number of benzene rings is 2. The lowest BCUT2D eigenvalue weighted by Gasteiger charge is -2.34. The number of pyridine rings is 1. The molecule has 170 valence electrons. The number of nitrogens with one attached hydrogen (secondary N) is 2. The molecule has 1 aliphatic heterocycles. The van der Waals surface area contributed by atoms with Gasteiger partial charge in [0.05, 0.1) is 23.5 Å². The SMILES string of the molecule is O=C(CN1CCN(Cc2ccccn2)CC1)Nc1ccccc1C(=O)Nc1ccc(F)cc1. The van der Waals surface area contributed by atoms with Gasteiger partial charge >= 0.3 is 0 Å². The minimum Gasteiger partial charge on any atom is -0.324 e. The Balaban J connectivity index is 1.29. The molecule has 1 aliphatic rings. The summed E-state index contributed by atoms with van der Waals surface area (Å²) in [6, 6.07) is 18.3. The van der Waals surface area contributed by atoms with Crippen LogP contribution >= 0.6 is 0 Å². The zero-order valence-corrected chi connectivity index (χ0v) is 18.2. The number of nitrogens with zero attached hydrogens (tertiary/aromatic N) is 3. The Morgan fingerprint density at radius 3 is 2.27 bits per heavy atom. The fourth-order valence-corrected chi connectivity index (χ4v) is 3.74. The predicted molar refractivity (Wildman–Crippen MR) is 125 cm³/mol. The van der Waals surface area contributed by atoms with Crippen molar-refractivity contribution in [3.8, 4) is 0 Å². The number of carbonyl (C=O) groups is 2. The van der Waals surface area contributed by atoms with Crippen molar-refractivity contribution in [3.05, 3.63) is 90.0 Å². The third-order valence-electron chi connectivity index (χ3n) is 5.49. The molecule has 7 nitrogen and oxygen atoms in total.